The maximum atomic E-state index is 12.3. The van der Waals surface area contributed by atoms with Crippen LogP contribution in [0, 0.1) is 0 Å². The van der Waals surface area contributed by atoms with E-state index in [0.717, 1.165) is 0 Å². The molecule has 0 radical (unpaired) electrons. The van der Waals surface area contributed by atoms with E-state index in [4.69, 9.17) is 4.55 Å². The molecule has 0 amide bonds. The zero-order valence-electron chi connectivity index (χ0n) is 8.17. The number of hydrogen-bond donors (Lipinski definition) is 1. The first-order valence-corrected chi connectivity index (χ1v) is 5.12. The number of hydrogen-bond acceptors (Lipinski definition) is 2. The van der Waals surface area contributed by atoms with Crippen molar-refractivity contribution in [1.82, 2.24) is 0 Å². The molecule has 10 heteroatoms. The Kier molecular flexibility index (Phi) is 3.91. The molecule has 0 aromatic heterocycles. The number of alkyl halides is 6. The summed E-state index contributed by atoms with van der Waals surface area (Å²) in [6.45, 7) is 0. The molecule has 102 valence electrons. The Balaban J connectivity index is 3.34. The van der Waals surface area contributed by atoms with E-state index in [0.29, 0.717) is 0 Å². The Morgan fingerprint density at radius 1 is 0.944 bits per heavy atom. The van der Waals surface area contributed by atoms with Gasteiger partial charge in [0.1, 0.15) is 5.75 Å². The molecule has 0 spiro atoms. The molecule has 3 nitrogen and oxygen atoms in total. The summed E-state index contributed by atoms with van der Waals surface area (Å²) in [4.78, 5) is 0. The molecule has 1 rings (SSSR count). The van der Waals surface area contributed by atoms with E-state index in [9.17, 15) is 30.6 Å². The molecular weight excluding hydrogens is 290 g/mol. The normalized spacial score (nSPS) is 14.4. The van der Waals surface area contributed by atoms with E-state index in [-0.39, 0.29) is 18.2 Å². The van der Waals surface area contributed by atoms with Crippen molar-refractivity contribution in [3.8, 4) is 5.75 Å². The van der Waals surface area contributed by atoms with Gasteiger partial charge in [0.2, 0.25) is 0 Å². The zero-order chi connectivity index (χ0) is 14.1. The van der Waals surface area contributed by atoms with Crippen molar-refractivity contribution in [2.45, 2.75) is 12.4 Å². The zero-order valence-corrected chi connectivity index (χ0v) is 8.99. The minimum absolute atomic E-state index is 0.118. The average molecular weight is 294 g/mol. The van der Waals surface area contributed by atoms with E-state index in [1.165, 1.54) is 0 Å². The number of rotatable bonds is 2. The standard InChI is InChI=1S/C8H4F6O3S/c9-7(10,11)4-1-5(8(12,13)14)3-6(2-4)17-18(15)16/h1-3H,(H,15,16). The Labute approximate surface area is 98.9 Å². The average Bonchev–Trinajstić information content (AvgIpc) is 2.13. The lowest BCUT2D eigenvalue weighted by Crippen LogP contribution is -2.11. The van der Waals surface area contributed by atoms with Crippen LogP contribution in [-0.4, -0.2) is 8.76 Å². The van der Waals surface area contributed by atoms with Crippen molar-refractivity contribution in [3.63, 3.8) is 0 Å². The summed E-state index contributed by atoms with van der Waals surface area (Å²) in [6.07, 6.45) is -10.1. The molecule has 1 aromatic rings. The van der Waals surface area contributed by atoms with E-state index < -0.39 is 40.6 Å². The van der Waals surface area contributed by atoms with E-state index in [1.807, 2.05) is 0 Å². The summed E-state index contributed by atoms with van der Waals surface area (Å²) >= 11 is -3.02. The monoisotopic (exact) mass is 294 g/mol. The summed E-state index contributed by atoms with van der Waals surface area (Å²) in [5, 5.41) is 0. The van der Waals surface area contributed by atoms with Gasteiger partial charge >= 0.3 is 23.7 Å². The maximum Gasteiger partial charge on any atom is 0.416 e. The summed E-state index contributed by atoms with van der Waals surface area (Å²) in [5.74, 6) is -1.00. The van der Waals surface area contributed by atoms with Crippen molar-refractivity contribution in [2.75, 3.05) is 0 Å². The fourth-order valence-electron chi connectivity index (χ4n) is 1.06. The molecule has 0 aliphatic rings. The minimum atomic E-state index is -5.03. The Bertz CT molecular complexity index is 435. The first kappa shape index (κ1) is 14.8. The Morgan fingerprint density at radius 3 is 1.61 bits per heavy atom. The van der Waals surface area contributed by atoms with Gasteiger partial charge in [0.05, 0.1) is 11.1 Å². The van der Waals surface area contributed by atoms with Crippen LogP contribution in [0.3, 0.4) is 0 Å². The topological polar surface area (TPSA) is 46.5 Å². The molecule has 1 atom stereocenters. The second-order valence-electron chi connectivity index (χ2n) is 3.04. The van der Waals surface area contributed by atoms with E-state index in [1.54, 1.807) is 0 Å². The quantitative estimate of drug-likeness (QED) is 0.673. The third kappa shape index (κ3) is 3.88. The third-order valence-corrected chi connectivity index (χ3v) is 2.06. The lowest BCUT2D eigenvalue weighted by atomic mass is 10.1. The molecule has 1 N–H and O–H groups in total. The minimum Gasteiger partial charge on any atom is -0.380 e. The largest absolute Gasteiger partial charge is 0.416 e. The van der Waals surface area contributed by atoms with Crippen LogP contribution in [0.25, 0.3) is 0 Å². The number of benzene rings is 1. The van der Waals surface area contributed by atoms with Crippen LogP contribution in [0.1, 0.15) is 11.1 Å². The van der Waals surface area contributed by atoms with E-state index >= 15 is 0 Å². The summed E-state index contributed by atoms with van der Waals surface area (Å²) in [7, 11) is 0. The molecule has 0 heterocycles. The van der Waals surface area contributed by atoms with Gasteiger partial charge in [0.25, 0.3) is 0 Å². The Morgan fingerprint density at radius 2 is 1.33 bits per heavy atom. The van der Waals surface area contributed by atoms with Crippen LogP contribution in [0.4, 0.5) is 26.3 Å². The first-order valence-electron chi connectivity index (χ1n) is 4.09. The highest BCUT2D eigenvalue weighted by Crippen LogP contribution is 2.38. The van der Waals surface area contributed by atoms with Gasteiger partial charge in [0, 0.05) is 0 Å². The van der Waals surface area contributed by atoms with Gasteiger partial charge in [-0.3, -0.25) is 4.55 Å². The highest BCUT2D eigenvalue weighted by atomic mass is 32.2. The molecule has 0 aliphatic heterocycles. The van der Waals surface area contributed by atoms with Crippen molar-refractivity contribution < 1.29 is 39.3 Å². The van der Waals surface area contributed by atoms with Gasteiger partial charge in [-0.2, -0.15) is 30.6 Å². The molecule has 1 unspecified atom stereocenters. The van der Waals surface area contributed by atoms with Crippen LogP contribution in [0.5, 0.6) is 5.75 Å². The van der Waals surface area contributed by atoms with Crippen molar-refractivity contribution >= 4 is 11.4 Å². The number of halogens is 6. The smallest absolute Gasteiger partial charge is 0.380 e. The highest BCUT2D eigenvalue weighted by molar-refractivity contribution is 7.74. The fourth-order valence-corrected chi connectivity index (χ4v) is 1.32. The van der Waals surface area contributed by atoms with Gasteiger partial charge in [0.15, 0.2) is 0 Å². The van der Waals surface area contributed by atoms with Crippen molar-refractivity contribution in [3.05, 3.63) is 29.3 Å². The second-order valence-corrected chi connectivity index (χ2v) is 3.64. The predicted octanol–water partition coefficient (Wildman–Crippen LogP) is 3.24. The van der Waals surface area contributed by atoms with Crippen LogP contribution in [0.15, 0.2) is 18.2 Å². The van der Waals surface area contributed by atoms with Gasteiger partial charge < -0.3 is 4.18 Å². The van der Waals surface area contributed by atoms with Crippen LogP contribution in [-0.2, 0) is 23.7 Å². The fraction of sp³-hybridized carbons (Fsp3) is 0.250. The van der Waals surface area contributed by atoms with Gasteiger partial charge in [-0.15, -0.1) is 0 Å². The van der Waals surface area contributed by atoms with Crippen LogP contribution in [0.2, 0.25) is 0 Å². The third-order valence-electron chi connectivity index (χ3n) is 1.73. The summed E-state index contributed by atoms with van der Waals surface area (Å²) < 4.78 is 96.3. The van der Waals surface area contributed by atoms with Gasteiger partial charge in [-0.1, -0.05) is 0 Å². The Hall–Kier alpha value is -1.29. The maximum absolute atomic E-state index is 12.3. The first-order chi connectivity index (χ1) is 8.00. The van der Waals surface area contributed by atoms with Crippen LogP contribution >= 0.6 is 0 Å². The summed E-state index contributed by atoms with van der Waals surface area (Å²) in [6, 6.07) is 0.278. The molecule has 0 aliphatic carbocycles. The van der Waals surface area contributed by atoms with Gasteiger partial charge in [-0.25, -0.2) is 0 Å². The van der Waals surface area contributed by atoms with E-state index in [2.05, 4.69) is 4.18 Å². The van der Waals surface area contributed by atoms with Crippen molar-refractivity contribution in [2.24, 2.45) is 0 Å². The lowest BCUT2D eigenvalue weighted by molar-refractivity contribution is -0.143. The molecule has 0 bridgehead atoms. The predicted molar refractivity (Wildman–Crippen MR) is 47.8 cm³/mol. The molecular formula is C8H4F6O3S. The van der Waals surface area contributed by atoms with Crippen molar-refractivity contribution in [1.29, 1.82) is 0 Å². The lowest BCUT2D eigenvalue weighted by Gasteiger charge is -2.13. The molecule has 18 heavy (non-hydrogen) atoms. The van der Waals surface area contributed by atoms with Gasteiger partial charge in [-0.05, 0) is 18.2 Å². The molecule has 0 saturated carbocycles. The molecule has 0 saturated heterocycles. The van der Waals surface area contributed by atoms with Crippen LogP contribution < -0.4 is 4.18 Å². The second kappa shape index (κ2) is 4.76. The molecule has 1 aromatic carbocycles. The SMILES string of the molecule is O=S(O)Oc1cc(C(F)(F)F)cc(C(F)(F)F)c1. The summed E-state index contributed by atoms with van der Waals surface area (Å²) in [5.41, 5.74) is -3.25. The molecule has 0 fully saturated rings. The highest BCUT2D eigenvalue weighted by Gasteiger charge is 2.37.